The molecule has 0 saturated carbocycles. The van der Waals surface area contributed by atoms with Crippen molar-refractivity contribution in [1.82, 2.24) is 39.8 Å². The molecule has 0 bridgehead atoms. The predicted molar refractivity (Wildman–Crippen MR) is 249 cm³/mol. The summed E-state index contributed by atoms with van der Waals surface area (Å²) < 4.78 is 15.0. The van der Waals surface area contributed by atoms with Crippen LogP contribution in [-0.2, 0) is 40.2 Å². The Bertz CT molecular complexity index is 2880. The number of fused-ring (bicyclic) bond motifs is 2. The average molecular weight is 912 g/mol. The van der Waals surface area contributed by atoms with Gasteiger partial charge in [-0.2, -0.15) is 4.68 Å². The van der Waals surface area contributed by atoms with Crippen LogP contribution in [0.4, 0.5) is 10.1 Å². The van der Waals surface area contributed by atoms with Crippen LogP contribution >= 0.6 is 11.6 Å². The highest BCUT2D eigenvalue weighted by molar-refractivity contribution is 6.31. The van der Waals surface area contributed by atoms with Crippen LogP contribution in [0.2, 0.25) is 5.02 Å². The molecular formula is C50H51ClFN9O5. The quantitative estimate of drug-likeness (QED) is 0.125. The number of piperidine rings is 2. The number of carbonyl (C=O) groups excluding carboxylic acids is 4. The third-order valence-corrected chi connectivity index (χ3v) is 14.0. The van der Waals surface area contributed by atoms with Gasteiger partial charge in [-0.3, -0.25) is 39.3 Å². The minimum absolute atomic E-state index is 0.155. The first-order valence-corrected chi connectivity index (χ1v) is 23.3. The highest BCUT2D eigenvalue weighted by Gasteiger charge is 2.39. The van der Waals surface area contributed by atoms with Crippen molar-refractivity contribution in [2.75, 3.05) is 50.7 Å². The number of carbonyl (C=O) groups is 4. The number of likely N-dealkylation sites (tertiary alicyclic amines) is 1. The SMILES string of the molecule is O=C1CCC(N2Cc3cc(N4CCN(CC5CCN(C(=O)CCc6ccc(-c7[nH]n(-c8nc9ccc(Cl)cc9[nH]8)c(=O)c7CCc7ccc(F)cc7)cc6)CC5)CC4)ccc3C2=O)C(=O)N1. The van der Waals surface area contributed by atoms with Gasteiger partial charge in [0.05, 0.1) is 16.7 Å². The molecule has 0 spiro atoms. The van der Waals surface area contributed by atoms with E-state index in [1.807, 2.05) is 41.3 Å². The second-order valence-corrected chi connectivity index (χ2v) is 18.4. The number of benzene rings is 4. The van der Waals surface area contributed by atoms with E-state index >= 15 is 0 Å². The molecule has 6 heterocycles. The number of aryl methyl sites for hydroxylation is 2. The van der Waals surface area contributed by atoms with E-state index in [-0.39, 0.29) is 35.5 Å². The summed E-state index contributed by atoms with van der Waals surface area (Å²) in [6.07, 6.45) is 4.55. The van der Waals surface area contributed by atoms with Crippen LogP contribution in [0.15, 0.2) is 89.7 Å². The molecule has 10 rings (SSSR count). The monoisotopic (exact) mass is 911 g/mol. The van der Waals surface area contributed by atoms with E-state index in [0.717, 1.165) is 86.6 Å². The summed E-state index contributed by atoms with van der Waals surface area (Å²) in [5, 5.41) is 6.23. The molecule has 3 fully saturated rings. The van der Waals surface area contributed by atoms with Gasteiger partial charge >= 0.3 is 0 Å². The molecule has 66 heavy (non-hydrogen) atoms. The van der Waals surface area contributed by atoms with Crippen LogP contribution < -0.4 is 15.8 Å². The Labute approximate surface area is 385 Å². The van der Waals surface area contributed by atoms with E-state index in [4.69, 9.17) is 11.6 Å². The second-order valence-electron chi connectivity index (χ2n) is 18.0. The molecule has 3 N–H and O–H groups in total. The maximum Gasteiger partial charge on any atom is 0.277 e. The van der Waals surface area contributed by atoms with Crippen LogP contribution in [0.5, 0.6) is 0 Å². The average Bonchev–Trinajstić information content (AvgIpc) is 4.00. The van der Waals surface area contributed by atoms with E-state index in [1.54, 1.807) is 35.2 Å². The van der Waals surface area contributed by atoms with E-state index in [2.05, 4.69) is 36.2 Å². The summed E-state index contributed by atoms with van der Waals surface area (Å²) in [6.45, 7) is 6.53. The van der Waals surface area contributed by atoms with Gasteiger partial charge < -0.3 is 19.7 Å². The van der Waals surface area contributed by atoms with Crippen molar-refractivity contribution in [2.24, 2.45) is 5.92 Å². The number of anilines is 1. The van der Waals surface area contributed by atoms with Gasteiger partial charge in [-0.25, -0.2) is 9.37 Å². The number of halogens is 2. The number of amides is 4. The molecule has 14 nitrogen and oxygen atoms in total. The van der Waals surface area contributed by atoms with Crippen LogP contribution in [0, 0.1) is 11.7 Å². The predicted octanol–water partition coefficient (Wildman–Crippen LogP) is 6.04. The van der Waals surface area contributed by atoms with Crippen molar-refractivity contribution < 1.29 is 23.6 Å². The molecule has 2 aromatic heterocycles. The third-order valence-electron chi connectivity index (χ3n) is 13.8. The minimum Gasteiger partial charge on any atom is -0.369 e. The molecular weight excluding hydrogens is 861 g/mol. The topological polar surface area (TPSA) is 160 Å². The zero-order valence-corrected chi connectivity index (χ0v) is 37.3. The molecule has 6 aromatic rings. The van der Waals surface area contributed by atoms with Gasteiger partial charge in [-0.1, -0.05) is 48.0 Å². The lowest BCUT2D eigenvalue weighted by atomic mass is 9.95. The normalized spacial score (nSPS) is 18.4. The first-order valence-electron chi connectivity index (χ1n) is 22.9. The Morgan fingerprint density at radius 3 is 2.30 bits per heavy atom. The Hall–Kier alpha value is -6.58. The number of imide groups is 1. The summed E-state index contributed by atoms with van der Waals surface area (Å²) in [5.74, 6) is -0.105. The number of nitrogens with zero attached hydrogens (tertiary/aromatic N) is 6. The van der Waals surface area contributed by atoms with Gasteiger partial charge in [0, 0.05) is 87.0 Å². The lowest BCUT2D eigenvalue weighted by molar-refractivity contribution is -0.137. The lowest BCUT2D eigenvalue weighted by Gasteiger charge is -2.39. The highest BCUT2D eigenvalue weighted by Crippen LogP contribution is 2.32. The molecule has 3 saturated heterocycles. The van der Waals surface area contributed by atoms with E-state index in [0.29, 0.717) is 83.4 Å². The van der Waals surface area contributed by atoms with Gasteiger partial charge in [0.2, 0.25) is 23.7 Å². The molecule has 1 atom stereocenters. The maximum atomic E-state index is 14.0. The van der Waals surface area contributed by atoms with Gasteiger partial charge in [-0.05, 0) is 115 Å². The van der Waals surface area contributed by atoms with Crippen molar-refractivity contribution in [3.05, 3.63) is 134 Å². The fourth-order valence-electron chi connectivity index (χ4n) is 10.0. The third kappa shape index (κ3) is 9.01. The number of piperazine rings is 1. The van der Waals surface area contributed by atoms with Crippen LogP contribution in [0.25, 0.3) is 28.2 Å². The Morgan fingerprint density at radius 2 is 1.55 bits per heavy atom. The van der Waals surface area contributed by atoms with E-state index < -0.39 is 11.9 Å². The lowest BCUT2D eigenvalue weighted by Crippen LogP contribution is -2.52. The van der Waals surface area contributed by atoms with Crippen molar-refractivity contribution in [3.8, 4) is 17.2 Å². The number of aromatic amines is 2. The molecule has 0 radical (unpaired) electrons. The standard InChI is InChI=1S/C50H51ClFN9O5/c51-36-9-15-41-42(28-36)54-50(53-41)61-49(66)40(13-5-32-3-10-37(52)11-4-32)46(56-61)34-7-1-31(2-8-34)6-18-45(63)59-21-19-33(20-22-59)29-57-23-25-58(26-24-57)38-12-14-39-35(27-38)30-60(48(39)65)43-16-17-44(62)55-47(43)64/h1-4,7-12,14-15,27-28,33,43,56H,5-6,13,16-26,29-30H2,(H,53,54)(H,55,62,64). The van der Waals surface area contributed by atoms with Gasteiger partial charge in [0.1, 0.15) is 11.9 Å². The second kappa shape index (κ2) is 18.4. The van der Waals surface area contributed by atoms with Gasteiger partial charge in [-0.15, -0.1) is 0 Å². The summed E-state index contributed by atoms with van der Waals surface area (Å²) in [4.78, 5) is 81.0. The Morgan fingerprint density at radius 1 is 0.803 bits per heavy atom. The van der Waals surface area contributed by atoms with Gasteiger partial charge in [0.25, 0.3) is 11.5 Å². The van der Waals surface area contributed by atoms with Crippen LogP contribution in [-0.4, -0.2) is 110 Å². The molecule has 4 aliphatic heterocycles. The first kappa shape index (κ1) is 43.3. The zero-order chi connectivity index (χ0) is 45.5. The molecule has 4 amide bonds. The van der Waals surface area contributed by atoms with Crippen LogP contribution in [0.3, 0.4) is 0 Å². The van der Waals surface area contributed by atoms with Crippen LogP contribution in [0.1, 0.15) is 64.7 Å². The number of nitrogens with one attached hydrogen (secondary N) is 3. The van der Waals surface area contributed by atoms with Gasteiger partial charge in [0.15, 0.2) is 0 Å². The Balaban J connectivity index is 0.705. The molecule has 4 aromatic carbocycles. The van der Waals surface area contributed by atoms with Crippen molar-refractivity contribution in [1.29, 1.82) is 0 Å². The van der Waals surface area contributed by atoms with Crippen molar-refractivity contribution in [3.63, 3.8) is 0 Å². The molecule has 0 aliphatic carbocycles. The smallest absolute Gasteiger partial charge is 0.277 e. The fraction of sp³-hybridized carbons (Fsp3) is 0.360. The molecule has 1 unspecified atom stereocenters. The molecule has 16 heteroatoms. The first-order chi connectivity index (χ1) is 32.0. The summed E-state index contributed by atoms with van der Waals surface area (Å²) >= 11 is 6.21. The zero-order valence-electron chi connectivity index (χ0n) is 36.5. The maximum absolute atomic E-state index is 14.0. The van der Waals surface area contributed by atoms with Crippen molar-refractivity contribution >= 4 is 52.0 Å². The molecule has 4 aliphatic rings. The number of H-pyrrole nitrogens is 2. The summed E-state index contributed by atoms with van der Waals surface area (Å²) in [5.41, 5.74) is 7.83. The van der Waals surface area contributed by atoms with Crippen molar-refractivity contribution in [2.45, 2.75) is 64.0 Å². The number of aromatic nitrogens is 4. The molecule has 340 valence electrons. The van der Waals surface area contributed by atoms with E-state index in [9.17, 15) is 28.4 Å². The summed E-state index contributed by atoms with van der Waals surface area (Å²) in [6, 6.07) is 25.0. The number of imidazole rings is 1. The number of hydrogen-bond acceptors (Lipinski definition) is 8. The largest absolute Gasteiger partial charge is 0.369 e. The Kier molecular flexibility index (Phi) is 12.1. The number of hydrogen-bond donors (Lipinski definition) is 3. The van der Waals surface area contributed by atoms with E-state index in [1.165, 1.54) is 16.8 Å². The highest BCUT2D eigenvalue weighted by atomic mass is 35.5. The summed E-state index contributed by atoms with van der Waals surface area (Å²) in [7, 11) is 0. The fourth-order valence-corrected chi connectivity index (χ4v) is 10.2. The minimum atomic E-state index is -0.619. The number of rotatable bonds is 12.